The highest BCUT2D eigenvalue weighted by Gasteiger charge is 2.25. The summed E-state index contributed by atoms with van der Waals surface area (Å²) in [6.45, 7) is 7.82. The number of rotatable bonds is 2. The first kappa shape index (κ1) is 13.0. The van der Waals surface area contributed by atoms with Crippen LogP contribution in [0.25, 0.3) is 0 Å². The van der Waals surface area contributed by atoms with Crippen molar-refractivity contribution in [3.63, 3.8) is 0 Å². The Balaban J connectivity index is 1.76. The van der Waals surface area contributed by atoms with E-state index in [0.29, 0.717) is 6.61 Å². The molecule has 4 heteroatoms. The lowest BCUT2D eigenvalue weighted by Gasteiger charge is -2.28. The maximum atomic E-state index is 6.00. The van der Waals surface area contributed by atoms with Crippen molar-refractivity contribution < 1.29 is 9.47 Å². The van der Waals surface area contributed by atoms with Crippen LogP contribution in [0.3, 0.4) is 0 Å². The van der Waals surface area contributed by atoms with Crippen molar-refractivity contribution >= 4 is 0 Å². The van der Waals surface area contributed by atoms with Crippen LogP contribution >= 0.6 is 0 Å². The van der Waals surface area contributed by atoms with E-state index in [2.05, 4.69) is 30.3 Å². The zero-order valence-corrected chi connectivity index (χ0v) is 12.2. The number of aromatic nitrogens is 2. The summed E-state index contributed by atoms with van der Waals surface area (Å²) in [5.74, 6) is 2.71. The molecule has 0 spiro atoms. The number of para-hydroxylation sites is 2. The van der Waals surface area contributed by atoms with Crippen LogP contribution in [0.2, 0.25) is 0 Å². The molecule has 0 fully saturated rings. The minimum Gasteiger partial charge on any atom is -0.486 e. The minimum atomic E-state index is 0.0141. The molecule has 0 radical (unpaired) electrons. The second-order valence-corrected chi connectivity index (χ2v) is 6.15. The number of fused-ring (bicyclic) bond motifs is 1. The Morgan fingerprint density at radius 2 is 2.00 bits per heavy atom. The van der Waals surface area contributed by atoms with Gasteiger partial charge in [0.1, 0.15) is 12.4 Å². The summed E-state index contributed by atoms with van der Waals surface area (Å²) in [4.78, 5) is 4.46. The zero-order chi connectivity index (χ0) is 14.2. The van der Waals surface area contributed by atoms with Crippen LogP contribution in [0.1, 0.15) is 26.6 Å². The smallest absolute Gasteiger partial charge is 0.161 e. The van der Waals surface area contributed by atoms with E-state index in [0.717, 1.165) is 23.9 Å². The van der Waals surface area contributed by atoms with Gasteiger partial charge in [-0.3, -0.25) is 0 Å². The molecule has 0 aliphatic carbocycles. The summed E-state index contributed by atoms with van der Waals surface area (Å²) in [5.41, 5.74) is 0.0247. The maximum Gasteiger partial charge on any atom is 0.161 e. The third-order valence-corrected chi connectivity index (χ3v) is 3.35. The summed E-state index contributed by atoms with van der Waals surface area (Å²) in [6, 6.07) is 7.79. The monoisotopic (exact) mass is 272 g/mol. The van der Waals surface area contributed by atoms with Gasteiger partial charge in [-0.25, -0.2) is 4.98 Å². The third-order valence-electron chi connectivity index (χ3n) is 3.35. The van der Waals surface area contributed by atoms with Crippen LogP contribution in [-0.2, 0) is 12.0 Å². The number of hydrogen-bond acceptors (Lipinski definition) is 3. The van der Waals surface area contributed by atoms with E-state index >= 15 is 0 Å². The van der Waals surface area contributed by atoms with Crippen molar-refractivity contribution in [3.8, 4) is 11.5 Å². The molecule has 0 amide bonds. The molecule has 0 unspecified atom stereocenters. The lowest BCUT2D eigenvalue weighted by molar-refractivity contribution is 0.0773. The van der Waals surface area contributed by atoms with E-state index in [1.54, 1.807) is 0 Å². The Labute approximate surface area is 119 Å². The van der Waals surface area contributed by atoms with Gasteiger partial charge in [0.2, 0.25) is 0 Å². The Kier molecular flexibility index (Phi) is 3.16. The van der Waals surface area contributed by atoms with Crippen LogP contribution < -0.4 is 9.47 Å². The number of ether oxygens (including phenoxy) is 2. The van der Waals surface area contributed by atoms with Gasteiger partial charge in [-0.1, -0.05) is 32.9 Å². The number of imidazole rings is 1. The number of benzene rings is 1. The Morgan fingerprint density at radius 3 is 2.75 bits per heavy atom. The molecule has 0 N–H and O–H groups in total. The van der Waals surface area contributed by atoms with Crippen LogP contribution in [0.4, 0.5) is 0 Å². The molecule has 3 rings (SSSR count). The predicted octanol–water partition coefficient (Wildman–Crippen LogP) is 3.02. The molecular formula is C16H20N2O2. The van der Waals surface area contributed by atoms with Gasteiger partial charge in [0, 0.05) is 17.8 Å². The van der Waals surface area contributed by atoms with E-state index in [9.17, 15) is 0 Å². The quantitative estimate of drug-likeness (QED) is 0.843. The molecule has 1 aliphatic heterocycles. The van der Waals surface area contributed by atoms with Gasteiger partial charge in [-0.05, 0) is 12.1 Å². The average molecular weight is 272 g/mol. The first-order chi connectivity index (χ1) is 9.54. The van der Waals surface area contributed by atoms with Gasteiger partial charge >= 0.3 is 0 Å². The molecule has 1 atom stereocenters. The fourth-order valence-corrected chi connectivity index (χ4v) is 2.47. The van der Waals surface area contributed by atoms with Crippen LogP contribution in [0.15, 0.2) is 36.7 Å². The highest BCUT2D eigenvalue weighted by atomic mass is 16.6. The molecule has 1 aromatic heterocycles. The van der Waals surface area contributed by atoms with Crippen molar-refractivity contribution in [2.24, 2.45) is 0 Å². The largest absolute Gasteiger partial charge is 0.486 e. The zero-order valence-electron chi connectivity index (χ0n) is 12.2. The molecule has 0 saturated carbocycles. The van der Waals surface area contributed by atoms with Gasteiger partial charge in [0.05, 0.1) is 6.54 Å². The number of nitrogens with zero attached hydrogens (tertiary/aromatic N) is 2. The van der Waals surface area contributed by atoms with E-state index in [4.69, 9.17) is 9.47 Å². The van der Waals surface area contributed by atoms with E-state index in [1.165, 1.54) is 0 Å². The van der Waals surface area contributed by atoms with E-state index in [1.807, 2.05) is 36.7 Å². The lowest BCUT2D eigenvalue weighted by Crippen LogP contribution is -2.34. The number of hydrogen-bond donors (Lipinski definition) is 0. The second kappa shape index (κ2) is 4.85. The lowest BCUT2D eigenvalue weighted by atomic mass is 9.95. The molecule has 20 heavy (non-hydrogen) atoms. The summed E-state index contributed by atoms with van der Waals surface area (Å²) in [7, 11) is 0. The fourth-order valence-electron chi connectivity index (χ4n) is 2.47. The molecule has 106 valence electrons. The third kappa shape index (κ3) is 2.50. The van der Waals surface area contributed by atoms with Gasteiger partial charge in [-0.2, -0.15) is 0 Å². The van der Waals surface area contributed by atoms with Crippen LogP contribution in [0.5, 0.6) is 11.5 Å². The molecule has 4 nitrogen and oxygen atoms in total. The van der Waals surface area contributed by atoms with Gasteiger partial charge in [0.15, 0.2) is 17.6 Å². The molecule has 1 aliphatic rings. The Hall–Kier alpha value is -1.97. The van der Waals surface area contributed by atoms with Gasteiger partial charge < -0.3 is 14.0 Å². The molecule has 0 bridgehead atoms. The summed E-state index contributed by atoms with van der Waals surface area (Å²) < 4.78 is 13.9. The summed E-state index contributed by atoms with van der Waals surface area (Å²) in [5, 5.41) is 0. The van der Waals surface area contributed by atoms with Crippen LogP contribution in [0, 0.1) is 0 Å². The fraction of sp³-hybridized carbons (Fsp3) is 0.438. The Morgan fingerprint density at radius 1 is 1.25 bits per heavy atom. The molecule has 2 aromatic rings. The van der Waals surface area contributed by atoms with E-state index in [-0.39, 0.29) is 11.5 Å². The SMILES string of the molecule is CC(C)(C)c1nccn1C[C@H]1COc2ccccc2O1. The molecule has 1 aromatic carbocycles. The van der Waals surface area contributed by atoms with Crippen molar-refractivity contribution in [2.45, 2.75) is 38.8 Å². The normalized spacial score (nSPS) is 18.1. The van der Waals surface area contributed by atoms with Crippen molar-refractivity contribution in [1.82, 2.24) is 9.55 Å². The first-order valence-corrected chi connectivity index (χ1v) is 6.94. The van der Waals surface area contributed by atoms with Crippen molar-refractivity contribution in [2.75, 3.05) is 6.61 Å². The van der Waals surface area contributed by atoms with Gasteiger partial charge in [0.25, 0.3) is 0 Å². The standard InChI is InChI=1S/C16H20N2O2/c1-16(2,3)15-17-8-9-18(15)10-12-11-19-13-6-4-5-7-14(13)20-12/h4-9,12H,10-11H2,1-3H3/t12-/m0/s1. The topological polar surface area (TPSA) is 36.3 Å². The highest BCUT2D eigenvalue weighted by Crippen LogP contribution is 2.31. The molecular weight excluding hydrogens is 252 g/mol. The van der Waals surface area contributed by atoms with Gasteiger partial charge in [-0.15, -0.1) is 0 Å². The van der Waals surface area contributed by atoms with Crippen molar-refractivity contribution in [3.05, 3.63) is 42.5 Å². The molecule has 0 saturated heterocycles. The highest BCUT2D eigenvalue weighted by molar-refractivity contribution is 5.40. The van der Waals surface area contributed by atoms with Crippen LogP contribution in [-0.4, -0.2) is 22.3 Å². The average Bonchev–Trinajstić information content (AvgIpc) is 2.87. The first-order valence-electron chi connectivity index (χ1n) is 6.94. The molecule has 2 heterocycles. The second-order valence-electron chi connectivity index (χ2n) is 6.15. The Bertz CT molecular complexity index is 599. The predicted molar refractivity (Wildman–Crippen MR) is 77.3 cm³/mol. The maximum absolute atomic E-state index is 6.00. The van der Waals surface area contributed by atoms with Crippen molar-refractivity contribution in [1.29, 1.82) is 0 Å². The summed E-state index contributed by atoms with van der Waals surface area (Å²) in [6.07, 6.45) is 3.86. The summed E-state index contributed by atoms with van der Waals surface area (Å²) >= 11 is 0. The minimum absolute atomic E-state index is 0.0141. The van der Waals surface area contributed by atoms with E-state index < -0.39 is 0 Å².